The van der Waals surface area contributed by atoms with Gasteiger partial charge in [0.25, 0.3) is 10.0 Å². The van der Waals surface area contributed by atoms with Crippen LogP contribution >= 0.6 is 11.6 Å². The van der Waals surface area contributed by atoms with E-state index < -0.39 is 34.1 Å². The summed E-state index contributed by atoms with van der Waals surface area (Å²) in [6, 6.07) is 18.9. The van der Waals surface area contributed by atoms with E-state index in [9.17, 15) is 18.0 Å². The Labute approximate surface area is 241 Å². The summed E-state index contributed by atoms with van der Waals surface area (Å²) in [6.07, 6.45) is 0. The highest BCUT2D eigenvalue weighted by molar-refractivity contribution is 7.92. The third-order valence-electron chi connectivity index (χ3n) is 6.16. The second-order valence-corrected chi connectivity index (χ2v) is 12.9. The van der Waals surface area contributed by atoms with Gasteiger partial charge in [0, 0.05) is 17.1 Å². The fourth-order valence-corrected chi connectivity index (χ4v) is 5.63. The minimum absolute atomic E-state index is 0.00147. The molecule has 2 amide bonds. The molecule has 1 atom stereocenters. The molecule has 0 aliphatic heterocycles. The van der Waals surface area contributed by atoms with E-state index in [-0.39, 0.29) is 17.3 Å². The first-order chi connectivity index (χ1) is 18.7. The van der Waals surface area contributed by atoms with Crippen molar-refractivity contribution in [1.29, 1.82) is 0 Å². The Bertz CT molecular complexity index is 1440. The molecular weight excluding hydrogens is 550 g/mol. The molecule has 0 radical (unpaired) electrons. The summed E-state index contributed by atoms with van der Waals surface area (Å²) < 4.78 is 34.0. The molecule has 0 saturated heterocycles. The molecular formula is C30H36ClN3O5S. The number of carbonyl (C=O) groups excluding carboxylic acids is 2. The lowest BCUT2D eigenvalue weighted by Crippen LogP contribution is -2.54. The van der Waals surface area contributed by atoms with Crippen LogP contribution in [-0.2, 0) is 26.2 Å². The molecule has 1 N–H and O–H groups in total. The highest BCUT2D eigenvalue weighted by atomic mass is 35.5. The number of sulfonamides is 1. The SMILES string of the molecule is COc1ccc(S(=O)(=O)N(CC(=O)N(Cc2cccc(Cl)c2)C(C)C(=O)NC(C)(C)C)c2ccc(C)cc2)cc1. The first kappa shape index (κ1) is 31.0. The van der Waals surface area contributed by atoms with Crippen molar-refractivity contribution in [2.45, 2.75) is 57.6 Å². The number of nitrogens with zero attached hydrogens (tertiary/aromatic N) is 2. The summed E-state index contributed by atoms with van der Waals surface area (Å²) in [4.78, 5) is 28.5. The van der Waals surface area contributed by atoms with Crippen LogP contribution in [0.4, 0.5) is 5.69 Å². The maximum Gasteiger partial charge on any atom is 0.264 e. The molecule has 0 aromatic heterocycles. The van der Waals surface area contributed by atoms with Gasteiger partial charge in [0.2, 0.25) is 11.8 Å². The standard InChI is InChI=1S/C30H36ClN3O5S/c1-21-10-12-25(13-11-21)34(40(37,38)27-16-14-26(39-6)15-17-27)20-28(35)33(19-23-8-7-9-24(31)18-23)22(2)29(36)32-30(3,4)5/h7-18,22H,19-20H2,1-6H3,(H,32,36). The predicted molar refractivity (Wildman–Crippen MR) is 158 cm³/mol. The number of hydrogen-bond acceptors (Lipinski definition) is 5. The minimum Gasteiger partial charge on any atom is -0.497 e. The van der Waals surface area contributed by atoms with E-state index in [1.165, 1.54) is 24.1 Å². The van der Waals surface area contributed by atoms with Crippen LogP contribution in [0.1, 0.15) is 38.8 Å². The minimum atomic E-state index is -4.17. The molecule has 3 rings (SSSR count). The topological polar surface area (TPSA) is 96.0 Å². The van der Waals surface area contributed by atoms with E-state index in [0.29, 0.717) is 22.0 Å². The quantitative estimate of drug-likeness (QED) is 0.353. The number of nitrogens with one attached hydrogen (secondary N) is 1. The maximum atomic E-state index is 14.0. The van der Waals surface area contributed by atoms with Crippen LogP contribution in [0.3, 0.4) is 0 Å². The van der Waals surface area contributed by atoms with Crippen LogP contribution < -0.4 is 14.4 Å². The van der Waals surface area contributed by atoms with E-state index >= 15 is 0 Å². The zero-order chi connectivity index (χ0) is 29.7. The first-order valence-electron chi connectivity index (χ1n) is 12.8. The molecule has 0 bridgehead atoms. The number of methoxy groups -OCH3 is 1. The Balaban J connectivity index is 2.03. The summed E-state index contributed by atoms with van der Waals surface area (Å²) in [6.45, 7) is 8.59. The largest absolute Gasteiger partial charge is 0.497 e. The van der Waals surface area contributed by atoms with Gasteiger partial charge in [-0.15, -0.1) is 0 Å². The average molecular weight is 586 g/mol. The molecule has 0 saturated carbocycles. The van der Waals surface area contributed by atoms with E-state index in [2.05, 4.69) is 5.32 Å². The smallest absolute Gasteiger partial charge is 0.264 e. The van der Waals surface area contributed by atoms with Crippen molar-refractivity contribution in [2.24, 2.45) is 0 Å². The van der Waals surface area contributed by atoms with Crippen molar-refractivity contribution in [2.75, 3.05) is 18.0 Å². The number of anilines is 1. The Morgan fingerprint density at radius 1 is 1.00 bits per heavy atom. The molecule has 0 aliphatic rings. The van der Waals surface area contributed by atoms with Crippen LogP contribution in [0.15, 0.2) is 77.7 Å². The zero-order valence-corrected chi connectivity index (χ0v) is 25.2. The molecule has 40 heavy (non-hydrogen) atoms. The molecule has 0 aliphatic carbocycles. The summed E-state index contributed by atoms with van der Waals surface area (Å²) in [5.74, 6) is -0.403. The van der Waals surface area contributed by atoms with E-state index in [0.717, 1.165) is 9.87 Å². The lowest BCUT2D eigenvalue weighted by molar-refractivity contribution is -0.140. The number of hydrogen-bond donors (Lipinski definition) is 1. The van der Waals surface area contributed by atoms with Crippen molar-refractivity contribution in [3.63, 3.8) is 0 Å². The number of carbonyl (C=O) groups is 2. The lowest BCUT2D eigenvalue weighted by Gasteiger charge is -2.33. The van der Waals surface area contributed by atoms with Gasteiger partial charge in [-0.3, -0.25) is 13.9 Å². The average Bonchev–Trinajstić information content (AvgIpc) is 2.89. The van der Waals surface area contributed by atoms with Crippen LogP contribution in [0, 0.1) is 6.92 Å². The number of amides is 2. The van der Waals surface area contributed by atoms with E-state index in [4.69, 9.17) is 16.3 Å². The molecule has 0 spiro atoms. The normalized spacial score (nSPS) is 12.4. The highest BCUT2D eigenvalue weighted by Crippen LogP contribution is 2.26. The number of benzene rings is 3. The van der Waals surface area contributed by atoms with Gasteiger partial charge < -0.3 is 15.0 Å². The van der Waals surface area contributed by atoms with Gasteiger partial charge in [-0.25, -0.2) is 8.42 Å². The molecule has 0 fully saturated rings. The lowest BCUT2D eigenvalue weighted by atomic mass is 10.1. The van der Waals surface area contributed by atoms with Gasteiger partial charge in [0.05, 0.1) is 17.7 Å². The number of halogens is 1. The van der Waals surface area contributed by atoms with Gasteiger partial charge in [0.15, 0.2) is 0 Å². The van der Waals surface area contributed by atoms with Crippen molar-refractivity contribution < 1.29 is 22.7 Å². The van der Waals surface area contributed by atoms with E-state index in [1.54, 1.807) is 67.6 Å². The molecule has 10 heteroatoms. The summed E-state index contributed by atoms with van der Waals surface area (Å²) >= 11 is 6.18. The molecule has 8 nitrogen and oxygen atoms in total. The third-order valence-corrected chi connectivity index (χ3v) is 8.18. The number of aryl methyl sites for hydroxylation is 1. The number of rotatable bonds is 10. The van der Waals surface area contributed by atoms with Gasteiger partial charge in [-0.1, -0.05) is 41.4 Å². The van der Waals surface area contributed by atoms with E-state index in [1.807, 2.05) is 27.7 Å². The second-order valence-electron chi connectivity index (χ2n) is 10.6. The molecule has 1 unspecified atom stereocenters. The maximum absolute atomic E-state index is 14.0. The summed E-state index contributed by atoms with van der Waals surface area (Å²) in [5, 5.41) is 3.39. The monoisotopic (exact) mass is 585 g/mol. The van der Waals surface area contributed by atoms with Gasteiger partial charge in [0.1, 0.15) is 18.3 Å². The molecule has 3 aromatic rings. The van der Waals surface area contributed by atoms with Gasteiger partial charge in [-0.05, 0) is 88.7 Å². The summed E-state index contributed by atoms with van der Waals surface area (Å²) in [7, 11) is -2.67. The van der Waals surface area contributed by atoms with Crippen LogP contribution in [0.2, 0.25) is 5.02 Å². The van der Waals surface area contributed by atoms with Crippen LogP contribution in [0.5, 0.6) is 5.75 Å². The fraction of sp³-hybridized carbons (Fsp3) is 0.333. The Kier molecular flexibility index (Phi) is 9.87. The van der Waals surface area contributed by atoms with Crippen molar-refractivity contribution in [3.8, 4) is 5.75 Å². The van der Waals surface area contributed by atoms with Crippen molar-refractivity contribution >= 4 is 39.1 Å². The Hall–Kier alpha value is -3.56. The molecule has 3 aromatic carbocycles. The fourth-order valence-electron chi connectivity index (χ4n) is 4.00. The predicted octanol–water partition coefficient (Wildman–Crippen LogP) is 5.18. The zero-order valence-electron chi connectivity index (χ0n) is 23.6. The Morgan fingerprint density at radius 2 is 1.62 bits per heavy atom. The van der Waals surface area contributed by atoms with Gasteiger partial charge in [-0.2, -0.15) is 0 Å². The second kappa shape index (κ2) is 12.7. The van der Waals surface area contributed by atoms with Crippen LogP contribution in [-0.4, -0.2) is 50.4 Å². The molecule has 0 heterocycles. The highest BCUT2D eigenvalue weighted by Gasteiger charge is 2.33. The van der Waals surface area contributed by atoms with Crippen molar-refractivity contribution in [1.82, 2.24) is 10.2 Å². The number of ether oxygens (including phenoxy) is 1. The first-order valence-corrected chi connectivity index (χ1v) is 14.6. The molecule has 214 valence electrons. The van der Waals surface area contributed by atoms with Crippen molar-refractivity contribution in [3.05, 3.63) is 88.9 Å². The van der Waals surface area contributed by atoms with Gasteiger partial charge >= 0.3 is 0 Å². The van der Waals surface area contributed by atoms with Crippen LogP contribution in [0.25, 0.3) is 0 Å². The Morgan fingerprint density at radius 3 is 2.17 bits per heavy atom. The third kappa shape index (κ3) is 7.99. The summed E-state index contributed by atoms with van der Waals surface area (Å²) in [5.41, 5.74) is 1.44.